The summed E-state index contributed by atoms with van der Waals surface area (Å²) in [4.78, 5) is 19.3. The van der Waals surface area contributed by atoms with E-state index in [1.807, 2.05) is 25.2 Å². The van der Waals surface area contributed by atoms with Crippen LogP contribution in [0.25, 0.3) is 0 Å². The predicted octanol–water partition coefficient (Wildman–Crippen LogP) is 3.55. The molecule has 116 valence electrons. The lowest BCUT2D eigenvalue weighted by molar-refractivity contribution is 0.0666. The molecule has 0 atom stereocenters. The number of anilines is 1. The molecule has 0 unspecified atom stereocenters. The van der Waals surface area contributed by atoms with E-state index in [2.05, 4.69) is 29.0 Å². The Labute approximate surface area is 127 Å². The first kappa shape index (κ1) is 15.8. The number of nitrogens with zero attached hydrogens (tertiary/aromatic N) is 2. The van der Waals surface area contributed by atoms with E-state index in [0.29, 0.717) is 17.7 Å². The molecular weight excluding hydrogens is 262 g/mol. The first-order valence-electron chi connectivity index (χ1n) is 8.07. The molecule has 4 heteroatoms. The molecule has 0 aliphatic heterocycles. The lowest BCUT2D eigenvalue weighted by atomic mass is 10.1. The highest BCUT2D eigenvalue weighted by Crippen LogP contribution is 2.25. The van der Waals surface area contributed by atoms with Crippen LogP contribution >= 0.6 is 0 Å². The van der Waals surface area contributed by atoms with E-state index in [4.69, 9.17) is 0 Å². The van der Waals surface area contributed by atoms with Crippen molar-refractivity contribution in [2.75, 3.05) is 18.9 Å². The summed E-state index contributed by atoms with van der Waals surface area (Å²) in [5.41, 5.74) is 0.553. The molecule has 1 amide bonds. The molecule has 1 aliphatic carbocycles. The summed E-state index contributed by atoms with van der Waals surface area (Å²) >= 11 is 0. The third-order valence-electron chi connectivity index (χ3n) is 4.20. The number of rotatable bonds is 6. The first-order chi connectivity index (χ1) is 10.1. The van der Waals surface area contributed by atoms with E-state index < -0.39 is 0 Å². The molecule has 0 bridgehead atoms. The lowest BCUT2D eigenvalue weighted by Crippen LogP contribution is -2.40. The number of nitrogens with one attached hydrogen (secondary N) is 1. The molecule has 1 heterocycles. The van der Waals surface area contributed by atoms with Gasteiger partial charge in [0.05, 0.1) is 0 Å². The highest BCUT2D eigenvalue weighted by Gasteiger charge is 2.28. The van der Waals surface area contributed by atoms with E-state index in [0.717, 1.165) is 31.6 Å². The van der Waals surface area contributed by atoms with Gasteiger partial charge >= 0.3 is 0 Å². The van der Waals surface area contributed by atoms with Crippen LogP contribution in [0.1, 0.15) is 56.4 Å². The third-order valence-corrected chi connectivity index (χ3v) is 4.20. The molecule has 1 aromatic heterocycles. The van der Waals surface area contributed by atoms with E-state index in [-0.39, 0.29) is 5.91 Å². The Morgan fingerprint density at radius 1 is 1.38 bits per heavy atom. The molecule has 0 saturated heterocycles. The van der Waals surface area contributed by atoms with Crippen LogP contribution < -0.4 is 5.32 Å². The van der Waals surface area contributed by atoms with Crippen LogP contribution in [0.4, 0.5) is 5.82 Å². The zero-order chi connectivity index (χ0) is 15.2. The smallest absolute Gasteiger partial charge is 0.272 e. The zero-order valence-electron chi connectivity index (χ0n) is 13.4. The third kappa shape index (κ3) is 4.19. The van der Waals surface area contributed by atoms with Gasteiger partial charge in [-0.15, -0.1) is 0 Å². The second kappa shape index (κ2) is 7.43. The number of hydrogen-bond donors (Lipinski definition) is 1. The van der Waals surface area contributed by atoms with Gasteiger partial charge in [0.15, 0.2) is 0 Å². The van der Waals surface area contributed by atoms with Crippen molar-refractivity contribution in [3.63, 3.8) is 0 Å². The summed E-state index contributed by atoms with van der Waals surface area (Å²) in [6, 6.07) is 5.99. The summed E-state index contributed by atoms with van der Waals surface area (Å²) in [5, 5.41) is 3.00. The van der Waals surface area contributed by atoms with Crippen LogP contribution in [0.5, 0.6) is 0 Å². The highest BCUT2D eigenvalue weighted by atomic mass is 16.2. The number of aromatic nitrogens is 1. The summed E-state index contributed by atoms with van der Waals surface area (Å²) in [6.07, 6.45) is 5.79. The van der Waals surface area contributed by atoms with Crippen molar-refractivity contribution >= 4 is 11.7 Å². The Hall–Kier alpha value is -1.58. The summed E-state index contributed by atoms with van der Waals surface area (Å²) in [5.74, 6) is 1.44. The molecule has 0 radical (unpaired) electrons. The minimum atomic E-state index is 0.0830. The Balaban J connectivity index is 2.15. The fourth-order valence-corrected chi connectivity index (χ4v) is 2.90. The van der Waals surface area contributed by atoms with Crippen LogP contribution in [0.3, 0.4) is 0 Å². The Morgan fingerprint density at radius 3 is 2.71 bits per heavy atom. The van der Waals surface area contributed by atoms with Crippen molar-refractivity contribution in [3.8, 4) is 0 Å². The van der Waals surface area contributed by atoms with Gasteiger partial charge in [-0.3, -0.25) is 4.79 Å². The maximum absolute atomic E-state index is 12.8. The topological polar surface area (TPSA) is 45.2 Å². The predicted molar refractivity (Wildman–Crippen MR) is 86.5 cm³/mol. The Morgan fingerprint density at radius 2 is 2.10 bits per heavy atom. The monoisotopic (exact) mass is 289 g/mol. The van der Waals surface area contributed by atoms with Gasteiger partial charge in [0.2, 0.25) is 0 Å². The maximum Gasteiger partial charge on any atom is 0.272 e. The molecule has 2 rings (SSSR count). The maximum atomic E-state index is 12.8. The van der Waals surface area contributed by atoms with Crippen molar-refractivity contribution in [1.82, 2.24) is 9.88 Å². The molecule has 0 spiro atoms. The summed E-state index contributed by atoms with van der Waals surface area (Å²) in [6.45, 7) is 5.25. The van der Waals surface area contributed by atoms with E-state index in [1.54, 1.807) is 0 Å². The molecule has 1 N–H and O–H groups in total. The van der Waals surface area contributed by atoms with Crippen LogP contribution in [-0.4, -0.2) is 35.4 Å². The number of carbonyl (C=O) groups excluding carboxylic acids is 1. The lowest BCUT2D eigenvalue weighted by Gasteiger charge is -2.29. The zero-order valence-corrected chi connectivity index (χ0v) is 13.4. The van der Waals surface area contributed by atoms with Gasteiger partial charge < -0.3 is 10.2 Å². The van der Waals surface area contributed by atoms with Crippen LogP contribution in [0.2, 0.25) is 0 Å². The van der Waals surface area contributed by atoms with Gasteiger partial charge in [0.25, 0.3) is 5.91 Å². The molecule has 4 nitrogen and oxygen atoms in total. The number of pyridine rings is 1. The Bertz CT molecular complexity index is 467. The minimum Gasteiger partial charge on any atom is -0.373 e. The first-order valence-corrected chi connectivity index (χ1v) is 8.07. The molecular formula is C17H27N3O. The van der Waals surface area contributed by atoms with Crippen molar-refractivity contribution < 1.29 is 4.79 Å². The van der Waals surface area contributed by atoms with Crippen molar-refractivity contribution in [2.24, 2.45) is 5.92 Å². The largest absolute Gasteiger partial charge is 0.373 e. The van der Waals surface area contributed by atoms with Crippen LogP contribution in [0, 0.1) is 5.92 Å². The van der Waals surface area contributed by atoms with Gasteiger partial charge in [-0.05, 0) is 37.3 Å². The van der Waals surface area contributed by atoms with Crippen LogP contribution in [0.15, 0.2) is 18.2 Å². The fraction of sp³-hybridized carbons (Fsp3) is 0.647. The van der Waals surface area contributed by atoms with Crippen LogP contribution in [-0.2, 0) is 0 Å². The van der Waals surface area contributed by atoms with E-state index >= 15 is 0 Å². The quantitative estimate of drug-likeness (QED) is 0.871. The van der Waals surface area contributed by atoms with E-state index in [9.17, 15) is 4.79 Å². The number of hydrogen-bond acceptors (Lipinski definition) is 3. The van der Waals surface area contributed by atoms with E-state index in [1.165, 1.54) is 12.8 Å². The van der Waals surface area contributed by atoms with Gasteiger partial charge in [-0.2, -0.15) is 0 Å². The van der Waals surface area contributed by atoms with Gasteiger partial charge in [0.1, 0.15) is 11.5 Å². The van der Waals surface area contributed by atoms with Gasteiger partial charge in [0, 0.05) is 19.6 Å². The summed E-state index contributed by atoms with van der Waals surface area (Å²) < 4.78 is 0. The molecule has 1 saturated carbocycles. The standard InChI is InChI=1S/C17H27N3O/c1-13(2)11-12-20(14-7-4-5-8-14)17(21)15-9-6-10-16(18-3)19-15/h6,9-10,13-14H,4-5,7-8,11-12H2,1-3H3,(H,18,19). The Kier molecular flexibility index (Phi) is 5.59. The van der Waals surface area contributed by atoms with Crippen molar-refractivity contribution in [2.45, 2.75) is 52.0 Å². The van der Waals surface area contributed by atoms with Gasteiger partial charge in [-0.25, -0.2) is 4.98 Å². The fourth-order valence-electron chi connectivity index (χ4n) is 2.90. The molecule has 21 heavy (non-hydrogen) atoms. The second-order valence-corrected chi connectivity index (χ2v) is 6.28. The van der Waals surface area contributed by atoms with Crippen molar-refractivity contribution in [1.29, 1.82) is 0 Å². The second-order valence-electron chi connectivity index (χ2n) is 6.28. The van der Waals surface area contributed by atoms with Gasteiger partial charge in [-0.1, -0.05) is 32.8 Å². The molecule has 0 aromatic carbocycles. The van der Waals surface area contributed by atoms with Crippen molar-refractivity contribution in [3.05, 3.63) is 23.9 Å². The number of carbonyl (C=O) groups is 1. The minimum absolute atomic E-state index is 0.0830. The normalized spacial score (nSPS) is 15.4. The number of amides is 1. The highest BCUT2D eigenvalue weighted by molar-refractivity contribution is 5.93. The SMILES string of the molecule is CNc1cccc(C(=O)N(CCC(C)C)C2CCCC2)n1. The molecule has 1 aliphatic rings. The summed E-state index contributed by atoms with van der Waals surface area (Å²) in [7, 11) is 1.82. The molecule has 1 fully saturated rings. The average molecular weight is 289 g/mol. The average Bonchev–Trinajstić information content (AvgIpc) is 3.01. The molecule has 1 aromatic rings.